The van der Waals surface area contributed by atoms with Gasteiger partial charge >= 0.3 is 0 Å². The highest BCUT2D eigenvalue weighted by molar-refractivity contribution is 5.76. The van der Waals surface area contributed by atoms with Crippen LogP contribution in [0.3, 0.4) is 0 Å². The molecule has 4 heteroatoms. The summed E-state index contributed by atoms with van der Waals surface area (Å²) in [6.07, 6.45) is 0.724. The molecule has 22 heavy (non-hydrogen) atoms. The van der Waals surface area contributed by atoms with Crippen LogP contribution in [0.1, 0.15) is 29.9 Å². The summed E-state index contributed by atoms with van der Waals surface area (Å²) < 4.78 is 2.18. The van der Waals surface area contributed by atoms with Gasteiger partial charge < -0.3 is 9.88 Å². The number of carbonyl (C=O) groups excluding carboxylic acids is 1. The molecule has 0 aliphatic carbocycles. The van der Waals surface area contributed by atoms with Gasteiger partial charge in [-0.2, -0.15) is 0 Å². The molecule has 0 unspecified atom stereocenters. The van der Waals surface area contributed by atoms with E-state index in [1.807, 2.05) is 37.3 Å². The number of benzene rings is 2. The Kier molecular flexibility index (Phi) is 3.92. The predicted octanol–water partition coefficient (Wildman–Crippen LogP) is 3.20. The minimum absolute atomic E-state index is 0.131. The minimum Gasteiger partial charge on any atom is -0.349 e. The van der Waals surface area contributed by atoms with E-state index >= 15 is 0 Å². The topological polar surface area (TPSA) is 46.9 Å². The van der Waals surface area contributed by atoms with Crippen molar-refractivity contribution in [3.8, 4) is 0 Å². The van der Waals surface area contributed by atoms with Crippen molar-refractivity contribution in [2.75, 3.05) is 0 Å². The van der Waals surface area contributed by atoms with E-state index in [9.17, 15) is 4.79 Å². The van der Waals surface area contributed by atoms with Crippen molar-refractivity contribution in [3.63, 3.8) is 0 Å². The molecule has 1 N–H and O–H groups in total. The zero-order valence-electron chi connectivity index (χ0n) is 12.8. The number of hydrogen-bond acceptors (Lipinski definition) is 2. The first-order valence-corrected chi connectivity index (χ1v) is 7.40. The van der Waals surface area contributed by atoms with Crippen LogP contribution in [0.2, 0.25) is 0 Å². The maximum absolute atomic E-state index is 10.8. The van der Waals surface area contributed by atoms with Gasteiger partial charge in [-0.25, -0.2) is 4.98 Å². The molecule has 4 nitrogen and oxygen atoms in total. The molecule has 1 aromatic heterocycles. The average Bonchev–Trinajstić information content (AvgIpc) is 2.89. The summed E-state index contributed by atoms with van der Waals surface area (Å²) in [6, 6.07) is 16.3. The minimum atomic E-state index is -0.131. The average molecular weight is 293 g/mol. The van der Waals surface area contributed by atoms with E-state index in [1.54, 1.807) is 0 Å². The van der Waals surface area contributed by atoms with Crippen LogP contribution in [0.15, 0.2) is 48.5 Å². The lowest BCUT2D eigenvalue weighted by molar-refractivity contribution is -0.110. The number of aromatic nitrogens is 2. The highest BCUT2D eigenvalue weighted by Crippen LogP contribution is 2.22. The molecule has 0 fully saturated rings. The fraction of sp³-hybridized carbons (Fsp3) is 0.222. The molecular weight excluding hydrogens is 274 g/mol. The van der Waals surface area contributed by atoms with Crippen LogP contribution in [0.5, 0.6) is 0 Å². The van der Waals surface area contributed by atoms with Gasteiger partial charge in [0, 0.05) is 6.54 Å². The standard InChI is InChI=1S/C18H19N3O/c1-13-7-3-4-8-15(13)11-21-17-10-6-5-9-16(17)20-18(21)14(2)19-12-22/h3-10,12,14H,11H2,1-2H3,(H,19,22)/t14-/m1/s1. The summed E-state index contributed by atoms with van der Waals surface area (Å²) in [5.41, 5.74) is 4.54. The number of hydrogen-bond donors (Lipinski definition) is 1. The summed E-state index contributed by atoms with van der Waals surface area (Å²) in [6.45, 7) is 4.80. The van der Waals surface area contributed by atoms with Gasteiger partial charge in [-0.3, -0.25) is 4.79 Å². The molecule has 112 valence electrons. The Labute approximate surface area is 129 Å². The number of fused-ring (bicyclic) bond motifs is 1. The lowest BCUT2D eigenvalue weighted by Crippen LogP contribution is -2.21. The largest absolute Gasteiger partial charge is 0.349 e. The molecule has 3 aromatic rings. The zero-order valence-corrected chi connectivity index (χ0v) is 12.8. The molecule has 1 heterocycles. The summed E-state index contributed by atoms with van der Waals surface area (Å²) in [4.78, 5) is 15.5. The summed E-state index contributed by atoms with van der Waals surface area (Å²) in [5.74, 6) is 0.872. The number of aryl methyl sites for hydroxylation is 1. The van der Waals surface area contributed by atoms with Gasteiger partial charge in [-0.1, -0.05) is 36.4 Å². The van der Waals surface area contributed by atoms with Crippen molar-refractivity contribution in [1.29, 1.82) is 0 Å². The Morgan fingerprint density at radius 1 is 1.18 bits per heavy atom. The van der Waals surface area contributed by atoms with Crippen LogP contribution in [-0.2, 0) is 11.3 Å². The third-order valence-electron chi connectivity index (χ3n) is 3.98. The fourth-order valence-corrected chi connectivity index (χ4v) is 2.73. The number of nitrogens with one attached hydrogen (secondary N) is 1. The van der Waals surface area contributed by atoms with E-state index in [0.717, 1.165) is 29.8 Å². The van der Waals surface area contributed by atoms with Gasteiger partial charge in [0.05, 0.1) is 17.1 Å². The Hall–Kier alpha value is -2.62. The number of nitrogens with zero attached hydrogens (tertiary/aromatic N) is 2. The van der Waals surface area contributed by atoms with E-state index < -0.39 is 0 Å². The summed E-state index contributed by atoms with van der Waals surface area (Å²) in [5, 5.41) is 2.80. The molecule has 0 bridgehead atoms. The van der Waals surface area contributed by atoms with Crippen molar-refractivity contribution in [2.24, 2.45) is 0 Å². The van der Waals surface area contributed by atoms with Gasteiger partial charge in [0.1, 0.15) is 5.82 Å². The van der Waals surface area contributed by atoms with Crippen LogP contribution in [-0.4, -0.2) is 16.0 Å². The molecule has 0 aliphatic heterocycles. The lowest BCUT2D eigenvalue weighted by Gasteiger charge is -2.15. The number of para-hydroxylation sites is 2. The predicted molar refractivity (Wildman–Crippen MR) is 87.6 cm³/mol. The Bertz CT molecular complexity index is 807. The highest BCUT2D eigenvalue weighted by atomic mass is 16.1. The van der Waals surface area contributed by atoms with E-state index in [4.69, 9.17) is 4.98 Å². The summed E-state index contributed by atoms with van der Waals surface area (Å²) in [7, 11) is 0. The number of carbonyl (C=O) groups is 1. The maximum Gasteiger partial charge on any atom is 0.207 e. The first kappa shape index (κ1) is 14.3. The monoisotopic (exact) mass is 293 g/mol. The van der Waals surface area contributed by atoms with Crippen LogP contribution in [0, 0.1) is 6.92 Å². The second-order valence-corrected chi connectivity index (χ2v) is 5.48. The van der Waals surface area contributed by atoms with Crippen LogP contribution < -0.4 is 5.32 Å². The Balaban J connectivity index is 2.11. The highest BCUT2D eigenvalue weighted by Gasteiger charge is 2.16. The Morgan fingerprint density at radius 3 is 2.68 bits per heavy atom. The molecule has 0 radical (unpaired) electrons. The molecule has 0 aliphatic rings. The normalized spacial score (nSPS) is 12.3. The van der Waals surface area contributed by atoms with E-state index in [2.05, 4.69) is 35.0 Å². The molecule has 1 amide bonds. The van der Waals surface area contributed by atoms with Crippen LogP contribution in [0.25, 0.3) is 11.0 Å². The van der Waals surface area contributed by atoms with Gasteiger partial charge in [0.2, 0.25) is 6.41 Å². The van der Waals surface area contributed by atoms with E-state index in [1.165, 1.54) is 11.1 Å². The van der Waals surface area contributed by atoms with Crippen molar-refractivity contribution < 1.29 is 4.79 Å². The molecule has 0 saturated heterocycles. The van der Waals surface area contributed by atoms with Gasteiger partial charge in [0.15, 0.2) is 0 Å². The van der Waals surface area contributed by atoms with E-state index in [-0.39, 0.29) is 6.04 Å². The smallest absolute Gasteiger partial charge is 0.207 e. The molecule has 0 saturated carbocycles. The second kappa shape index (κ2) is 6.02. The molecule has 2 aromatic carbocycles. The van der Waals surface area contributed by atoms with Crippen molar-refractivity contribution in [2.45, 2.75) is 26.4 Å². The van der Waals surface area contributed by atoms with Crippen molar-refractivity contribution in [1.82, 2.24) is 14.9 Å². The third-order valence-corrected chi connectivity index (χ3v) is 3.98. The lowest BCUT2D eigenvalue weighted by atomic mass is 10.1. The number of amides is 1. The molecule has 0 spiro atoms. The number of rotatable bonds is 5. The summed E-state index contributed by atoms with van der Waals surface area (Å²) >= 11 is 0. The molecule has 3 rings (SSSR count). The first-order valence-electron chi connectivity index (χ1n) is 7.40. The Morgan fingerprint density at radius 2 is 1.91 bits per heavy atom. The van der Waals surface area contributed by atoms with Crippen molar-refractivity contribution >= 4 is 17.4 Å². The molecule has 1 atom stereocenters. The van der Waals surface area contributed by atoms with Gasteiger partial charge in [-0.15, -0.1) is 0 Å². The zero-order chi connectivity index (χ0) is 15.5. The second-order valence-electron chi connectivity index (χ2n) is 5.48. The van der Waals surface area contributed by atoms with Crippen molar-refractivity contribution in [3.05, 3.63) is 65.5 Å². The SMILES string of the molecule is Cc1ccccc1Cn1c([C@@H](C)NC=O)nc2ccccc21. The third kappa shape index (κ3) is 2.60. The fourth-order valence-electron chi connectivity index (χ4n) is 2.73. The maximum atomic E-state index is 10.8. The van der Waals surface area contributed by atoms with Gasteiger partial charge in [0.25, 0.3) is 0 Å². The quantitative estimate of drug-likeness (QED) is 0.734. The number of imidazole rings is 1. The van der Waals surface area contributed by atoms with Gasteiger partial charge in [-0.05, 0) is 37.1 Å². The van der Waals surface area contributed by atoms with Crippen LogP contribution >= 0.6 is 0 Å². The van der Waals surface area contributed by atoms with E-state index in [0.29, 0.717) is 0 Å². The molecular formula is C18H19N3O. The van der Waals surface area contributed by atoms with Crippen LogP contribution in [0.4, 0.5) is 0 Å². The first-order chi connectivity index (χ1) is 10.7.